The Morgan fingerprint density at radius 1 is 1.40 bits per heavy atom. The second kappa shape index (κ2) is 7.65. The monoisotopic (exact) mass is 368 g/mol. The second-order valence-corrected chi connectivity index (χ2v) is 5.80. The van der Waals surface area contributed by atoms with Crippen LogP contribution in [0, 0.1) is 0 Å². The molecule has 1 aromatic rings. The Hall–Kier alpha value is -2.41. The highest BCUT2D eigenvalue weighted by atomic mass is 35.5. The molecule has 0 saturated carbocycles. The van der Waals surface area contributed by atoms with E-state index in [4.69, 9.17) is 21.1 Å². The molecule has 1 aliphatic heterocycles. The van der Waals surface area contributed by atoms with Gasteiger partial charge < -0.3 is 19.9 Å². The molecule has 7 nitrogen and oxygen atoms in total. The SMILES string of the molecule is CCOc1cc([C@@H]2NC(=O)N(CC)C(C)=C2C(=O)OC)c(Cl)cc1O. The molecule has 0 aromatic heterocycles. The molecule has 1 atom stereocenters. The molecule has 136 valence electrons. The third-order valence-electron chi connectivity index (χ3n) is 4.01. The molecule has 0 unspecified atom stereocenters. The molecule has 1 aromatic carbocycles. The molecular weight excluding hydrogens is 348 g/mol. The van der Waals surface area contributed by atoms with Crippen LogP contribution in [0.1, 0.15) is 32.4 Å². The number of methoxy groups -OCH3 is 1. The van der Waals surface area contributed by atoms with Crippen molar-refractivity contribution in [3.8, 4) is 11.5 Å². The third kappa shape index (κ3) is 3.51. The summed E-state index contributed by atoms with van der Waals surface area (Å²) in [6.07, 6.45) is 0. The minimum absolute atomic E-state index is 0.117. The van der Waals surface area contributed by atoms with E-state index in [-0.39, 0.29) is 28.1 Å². The maximum absolute atomic E-state index is 12.4. The van der Waals surface area contributed by atoms with Crippen LogP contribution in [0.25, 0.3) is 0 Å². The van der Waals surface area contributed by atoms with Crippen LogP contribution < -0.4 is 10.1 Å². The number of aromatic hydroxyl groups is 1. The lowest BCUT2D eigenvalue weighted by Gasteiger charge is -2.35. The van der Waals surface area contributed by atoms with Crippen molar-refractivity contribution in [3.05, 3.63) is 34.0 Å². The number of rotatable bonds is 5. The number of halogens is 1. The highest BCUT2D eigenvalue weighted by Gasteiger charge is 2.37. The molecule has 2 amide bonds. The standard InChI is InChI=1S/C17H21ClN2O5/c1-5-20-9(3)14(16(22)24-4)15(19-17(20)23)10-7-13(25-6-2)12(21)8-11(10)18/h7-8,15,21H,5-6H2,1-4H3,(H,19,23)/t15-/m0/s1. The lowest BCUT2D eigenvalue weighted by Crippen LogP contribution is -2.47. The fourth-order valence-corrected chi connectivity index (χ4v) is 3.09. The quantitative estimate of drug-likeness (QED) is 0.780. The smallest absolute Gasteiger partial charge is 0.337 e. The Balaban J connectivity index is 2.63. The van der Waals surface area contributed by atoms with Gasteiger partial charge in [-0.25, -0.2) is 9.59 Å². The van der Waals surface area contributed by atoms with Gasteiger partial charge in [-0.05, 0) is 26.8 Å². The lowest BCUT2D eigenvalue weighted by molar-refractivity contribution is -0.136. The van der Waals surface area contributed by atoms with Gasteiger partial charge in [-0.3, -0.25) is 4.90 Å². The molecule has 0 radical (unpaired) electrons. The van der Waals surface area contributed by atoms with Crippen LogP contribution in [0.4, 0.5) is 4.79 Å². The fraction of sp³-hybridized carbons (Fsp3) is 0.412. The number of nitrogens with zero attached hydrogens (tertiary/aromatic N) is 1. The molecular formula is C17H21ClN2O5. The van der Waals surface area contributed by atoms with Crippen LogP contribution in [-0.4, -0.2) is 42.3 Å². The summed E-state index contributed by atoms with van der Waals surface area (Å²) in [5.74, 6) is -0.466. The highest BCUT2D eigenvalue weighted by molar-refractivity contribution is 6.31. The first-order valence-electron chi connectivity index (χ1n) is 7.87. The van der Waals surface area contributed by atoms with Gasteiger partial charge in [0.15, 0.2) is 11.5 Å². The molecule has 1 aliphatic rings. The van der Waals surface area contributed by atoms with Crippen molar-refractivity contribution in [2.75, 3.05) is 20.3 Å². The van der Waals surface area contributed by atoms with E-state index in [0.717, 1.165) is 0 Å². The Morgan fingerprint density at radius 2 is 2.08 bits per heavy atom. The number of hydrogen-bond donors (Lipinski definition) is 2. The Kier molecular flexibility index (Phi) is 5.79. The van der Waals surface area contributed by atoms with Crippen LogP contribution >= 0.6 is 11.6 Å². The van der Waals surface area contributed by atoms with Crippen molar-refractivity contribution in [3.63, 3.8) is 0 Å². The van der Waals surface area contributed by atoms with Gasteiger partial charge in [-0.15, -0.1) is 0 Å². The third-order valence-corrected chi connectivity index (χ3v) is 4.33. The molecule has 2 rings (SSSR count). The number of carbonyl (C=O) groups is 2. The summed E-state index contributed by atoms with van der Waals surface area (Å²) in [6.45, 7) is 6.00. The second-order valence-electron chi connectivity index (χ2n) is 5.39. The van der Waals surface area contributed by atoms with Crippen LogP contribution in [0.15, 0.2) is 23.4 Å². The van der Waals surface area contributed by atoms with Gasteiger partial charge in [0.1, 0.15) is 0 Å². The van der Waals surface area contributed by atoms with E-state index in [1.54, 1.807) is 20.8 Å². The number of carbonyl (C=O) groups excluding carboxylic acids is 2. The summed E-state index contributed by atoms with van der Waals surface area (Å²) in [6, 6.07) is 1.68. The van der Waals surface area contributed by atoms with E-state index in [1.165, 1.54) is 24.1 Å². The van der Waals surface area contributed by atoms with Crippen LogP contribution in [0.5, 0.6) is 11.5 Å². The molecule has 2 N–H and O–H groups in total. The first-order chi connectivity index (χ1) is 11.8. The van der Waals surface area contributed by atoms with Gasteiger partial charge in [0.05, 0.1) is 30.4 Å². The lowest BCUT2D eigenvalue weighted by atomic mass is 9.94. The average Bonchev–Trinajstić information content (AvgIpc) is 2.56. The number of allylic oxidation sites excluding steroid dienone is 1. The molecule has 0 bridgehead atoms. The van der Waals surface area contributed by atoms with Crippen molar-refractivity contribution >= 4 is 23.6 Å². The number of amides is 2. The number of nitrogens with one attached hydrogen (secondary N) is 1. The molecule has 0 spiro atoms. The maximum Gasteiger partial charge on any atom is 0.337 e. The van der Waals surface area contributed by atoms with Gasteiger partial charge in [0.25, 0.3) is 0 Å². The van der Waals surface area contributed by atoms with Gasteiger partial charge in [-0.2, -0.15) is 0 Å². The minimum atomic E-state index is -0.810. The Labute approximate surface area is 151 Å². The zero-order valence-electron chi connectivity index (χ0n) is 14.6. The number of benzene rings is 1. The summed E-state index contributed by atoms with van der Waals surface area (Å²) < 4.78 is 10.3. The summed E-state index contributed by atoms with van der Waals surface area (Å²) in [5.41, 5.74) is 1.20. The summed E-state index contributed by atoms with van der Waals surface area (Å²) in [7, 11) is 1.27. The predicted octanol–water partition coefficient (Wildman–Crippen LogP) is 2.98. The fourth-order valence-electron chi connectivity index (χ4n) is 2.82. The molecule has 0 saturated heterocycles. The minimum Gasteiger partial charge on any atom is -0.504 e. The van der Waals surface area contributed by atoms with Crippen molar-refractivity contribution in [2.24, 2.45) is 0 Å². The van der Waals surface area contributed by atoms with Gasteiger partial charge in [0.2, 0.25) is 0 Å². The highest BCUT2D eigenvalue weighted by Crippen LogP contribution is 2.40. The van der Waals surface area contributed by atoms with E-state index in [2.05, 4.69) is 5.32 Å². The molecule has 0 aliphatic carbocycles. The van der Waals surface area contributed by atoms with Crippen molar-refractivity contribution in [2.45, 2.75) is 26.8 Å². The topological polar surface area (TPSA) is 88.1 Å². The Morgan fingerprint density at radius 3 is 2.64 bits per heavy atom. The van der Waals surface area contributed by atoms with Gasteiger partial charge in [0, 0.05) is 23.9 Å². The van der Waals surface area contributed by atoms with Gasteiger partial charge in [-0.1, -0.05) is 11.6 Å². The number of urea groups is 1. The number of phenols is 1. The van der Waals surface area contributed by atoms with Crippen molar-refractivity contribution in [1.29, 1.82) is 0 Å². The predicted molar refractivity (Wildman–Crippen MR) is 92.7 cm³/mol. The summed E-state index contributed by atoms with van der Waals surface area (Å²) >= 11 is 6.26. The first-order valence-corrected chi connectivity index (χ1v) is 8.25. The number of ether oxygens (including phenoxy) is 2. The van der Waals surface area contributed by atoms with E-state index in [0.29, 0.717) is 24.4 Å². The van der Waals surface area contributed by atoms with Gasteiger partial charge >= 0.3 is 12.0 Å². The van der Waals surface area contributed by atoms with Crippen molar-refractivity contribution in [1.82, 2.24) is 10.2 Å². The number of esters is 1. The maximum atomic E-state index is 12.4. The summed E-state index contributed by atoms with van der Waals surface area (Å²) in [5, 5.41) is 12.9. The van der Waals surface area contributed by atoms with Crippen LogP contribution in [0.3, 0.4) is 0 Å². The largest absolute Gasteiger partial charge is 0.504 e. The zero-order chi connectivity index (χ0) is 18.7. The summed E-state index contributed by atoms with van der Waals surface area (Å²) in [4.78, 5) is 26.2. The zero-order valence-corrected chi connectivity index (χ0v) is 15.3. The molecule has 1 heterocycles. The normalized spacial score (nSPS) is 17.4. The Bertz CT molecular complexity index is 732. The van der Waals surface area contributed by atoms with Crippen molar-refractivity contribution < 1.29 is 24.2 Å². The van der Waals surface area contributed by atoms with Crippen LogP contribution in [0.2, 0.25) is 5.02 Å². The molecule has 25 heavy (non-hydrogen) atoms. The number of hydrogen-bond acceptors (Lipinski definition) is 5. The van der Waals surface area contributed by atoms with E-state index in [1.807, 2.05) is 0 Å². The average molecular weight is 369 g/mol. The van der Waals surface area contributed by atoms with E-state index >= 15 is 0 Å². The first kappa shape index (κ1) is 18.9. The molecule has 8 heteroatoms. The van der Waals surface area contributed by atoms with Crippen LogP contribution in [-0.2, 0) is 9.53 Å². The molecule has 0 fully saturated rings. The van der Waals surface area contributed by atoms with E-state index in [9.17, 15) is 14.7 Å². The number of phenolic OH excluding ortho intramolecular Hbond substituents is 1. The van der Waals surface area contributed by atoms with E-state index < -0.39 is 12.0 Å².